The van der Waals surface area contributed by atoms with E-state index in [2.05, 4.69) is 28.9 Å². The molecular formula is C18H28N2O. The van der Waals surface area contributed by atoms with Crippen LogP contribution in [0.15, 0.2) is 24.3 Å². The van der Waals surface area contributed by atoms with Crippen molar-refractivity contribution in [2.75, 3.05) is 26.2 Å². The summed E-state index contributed by atoms with van der Waals surface area (Å²) in [5, 5.41) is 9.47. The first-order valence-electron chi connectivity index (χ1n) is 8.55. The van der Waals surface area contributed by atoms with Crippen LogP contribution in [0, 0.1) is 0 Å². The molecule has 21 heavy (non-hydrogen) atoms. The fourth-order valence-electron chi connectivity index (χ4n) is 4.03. The highest BCUT2D eigenvalue weighted by Crippen LogP contribution is 2.31. The van der Waals surface area contributed by atoms with Crippen LogP contribution < -0.4 is 0 Å². The van der Waals surface area contributed by atoms with Gasteiger partial charge < -0.3 is 5.11 Å². The van der Waals surface area contributed by atoms with Crippen LogP contribution in [0.2, 0.25) is 0 Å². The van der Waals surface area contributed by atoms with Gasteiger partial charge in [-0.25, -0.2) is 0 Å². The Morgan fingerprint density at radius 2 is 1.81 bits per heavy atom. The van der Waals surface area contributed by atoms with Gasteiger partial charge in [0.05, 0.1) is 0 Å². The van der Waals surface area contributed by atoms with Gasteiger partial charge in [0.25, 0.3) is 0 Å². The molecule has 2 heterocycles. The molecule has 0 saturated carbocycles. The third-order valence-electron chi connectivity index (χ3n) is 5.21. The third kappa shape index (κ3) is 3.41. The number of piperidine rings is 1. The zero-order valence-electron chi connectivity index (χ0n) is 13.2. The molecule has 2 aliphatic rings. The van der Waals surface area contributed by atoms with E-state index in [9.17, 15) is 5.11 Å². The Kier molecular flexibility index (Phi) is 4.81. The normalized spacial score (nSPS) is 26.0. The maximum Gasteiger partial charge on any atom is 0.115 e. The van der Waals surface area contributed by atoms with Crippen LogP contribution in [0.4, 0.5) is 0 Å². The number of phenolic OH excluding ortho intramolecular Hbond substituents is 1. The Labute approximate surface area is 128 Å². The Bertz CT molecular complexity index is 439. The van der Waals surface area contributed by atoms with E-state index < -0.39 is 0 Å². The van der Waals surface area contributed by atoms with Gasteiger partial charge in [-0.1, -0.05) is 25.5 Å². The first kappa shape index (κ1) is 14.9. The molecule has 1 aromatic carbocycles. The molecule has 0 radical (unpaired) electrons. The van der Waals surface area contributed by atoms with Gasteiger partial charge in [-0.2, -0.15) is 0 Å². The summed E-state index contributed by atoms with van der Waals surface area (Å²) >= 11 is 0. The monoisotopic (exact) mass is 288 g/mol. The molecule has 1 N–H and O–H groups in total. The summed E-state index contributed by atoms with van der Waals surface area (Å²) in [7, 11) is 0. The summed E-state index contributed by atoms with van der Waals surface area (Å²) in [6.07, 6.45) is 6.63. The highest BCUT2D eigenvalue weighted by atomic mass is 16.3. The summed E-state index contributed by atoms with van der Waals surface area (Å²) in [6.45, 7) is 7.29. The van der Waals surface area contributed by atoms with Crippen molar-refractivity contribution in [2.24, 2.45) is 0 Å². The lowest BCUT2D eigenvalue weighted by atomic mass is 10.0. The van der Waals surface area contributed by atoms with Crippen LogP contribution in [-0.4, -0.2) is 47.1 Å². The van der Waals surface area contributed by atoms with Gasteiger partial charge in [0.15, 0.2) is 0 Å². The molecule has 116 valence electrons. The minimum atomic E-state index is 0.362. The average Bonchev–Trinajstić information content (AvgIpc) is 3.00. The molecule has 1 aromatic rings. The molecule has 2 saturated heterocycles. The minimum Gasteiger partial charge on any atom is -0.508 e. The Morgan fingerprint density at radius 1 is 1.10 bits per heavy atom. The lowest BCUT2D eigenvalue weighted by Gasteiger charge is -2.33. The predicted molar refractivity (Wildman–Crippen MR) is 86.5 cm³/mol. The number of likely N-dealkylation sites (tertiary alicyclic amines) is 2. The molecule has 0 amide bonds. The van der Waals surface area contributed by atoms with E-state index in [0.717, 1.165) is 12.5 Å². The molecule has 2 aliphatic heterocycles. The summed E-state index contributed by atoms with van der Waals surface area (Å²) < 4.78 is 0. The summed E-state index contributed by atoms with van der Waals surface area (Å²) in [5.74, 6) is 0.362. The van der Waals surface area contributed by atoms with E-state index in [0.29, 0.717) is 11.8 Å². The van der Waals surface area contributed by atoms with Gasteiger partial charge in [-0.15, -0.1) is 0 Å². The molecule has 0 spiro atoms. The van der Waals surface area contributed by atoms with Gasteiger partial charge in [0.2, 0.25) is 0 Å². The van der Waals surface area contributed by atoms with Crippen LogP contribution in [0.5, 0.6) is 5.75 Å². The third-order valence-corrected chi connectivity index (χ3v) is 5.21. The molecule has 3 rings (SSSR count). The smallest absolute Gasteiger partial charge is 0.115 e. The van der Waals surface area contributed by atoms with Crippen molar-refractivity contribution < 1.29 is 5.11 Å². The largest absolute Gasteiger partial charge is 0.508 e. The number of hydrogen-bond donors (Lipinski definition) is 1. The highest BCUT2D eigenvalue weighted by molar-refractivity contribution is 5.28. The minimum absolute atomic E-state index is 0.362. The Hall–Kier alpha value is -1.06. The number of nitrogens with zero attached hydrogens (tertiary/aromatic N) is 2. The summed E-state index contributed by atoms with van der Waals surface area (Å²) in [6, 6.07) is 9.05. The van der Waals surface area contributed by atoms with Crippen LogP contribution in [0.3, 0.4) is 0 Å². The van der Waals surface area contributed by atoms with Crippen molar-refractivity contribution in [3.63, 3.8) is 0 Å². The number of hydrogen-bond acceptors (Lipinski definition) is 3. The number of phenols is 1. The number of aromatic hydroxyl groups is 1. The van der Waals surface area contributed by atoms with Crippen molar-refractivity contribution in [1.82, 2.24) is 9.80 Å². The van der Waals surface area contributed by atoms with E-state index in [1.807, 2.05) is 12.1 Å². The van der Waals surface area contributed by atoms with Gasteiger partial charge in [0.1, 0.15) is 5.75 Å². The summed E-state index contributed by atoms with van der Waals surface area (Å²) in [5.41, 5.74) is 1.34. The van der Waals surface area contributed by atoms with Gasteiger partial charge in [-0.05, 0) is 56.5 Å². The van der Waals surface area contributed by atoms with E-state index in [4.69, 9.17) is 0 Å². The highest BCUT2D eigenvalue weighted by Gasteiger charge is 2.31. The molecule has 2 unspecified atom stereocenters. The van der Waals surface area contributed by atoms with Gasteiger partial charge in [0, 0.05) is 25.2 Å². The average molecular weight is 288 g/mol. The molecule has 2 atom stereocenters. The van der Waals surface area contributed by atoms with Crippen molar-refractivity contribution in [2.45, 2.75) is 51.1 Å². The van der Waals surface area contributed by atoms with Crippen molar-refractivity contribution in [3.8, 4) is 5.75 Å². The number of rotatable bonds is 4. The second kappa shape index (κ2) is 6.80. The topological polar surface area (TPSA) is 26.7 Å². The lowest BCUT2D eigenvalue weighted by molar-refractivity contribution is 0.150. The molecule has 3 nitrogen and oxygen atoms in total. The van der Waals surface area contributed by atoms with E-state index in [1.54, 1.807) is 0 Å². The molecule has 0 bridgehead atoms. The fraction of sp³-hybridized carbons (Fsp3) is 0.667. The fourth-order valence-corrected chi connectivity index (χ4v) is 4.03. The Morgan fingerprint density at radius 3 is 2.48 bits per heavy atom. The predicted octanol–water partition coefficient (Wildman–Crippen LogP) is 3.40. The van der Waals surface area contributed by atoms with E-state index in [1.165, 1.54) is 57.4 Å². The van der Waals surface area contributed by atoms with Crippen LogP contribution >= 0.6 is 0 Å². The van der Waals surface area contributed by atoms with Crippen molar-refractivity contribution in [3.05, 3.63) is 29.8 Å². The van der Waals surface area contributed by atoms with Crippen molar-refractivity contribution in [1.29, 1.82) is 0 Å². The lowest BCUT2D eigenvalue weighted by Crippen LogP contribution is -2.41. The molecule has 3 heteroatoms. The quantitative estimate of drug-likeness (QED) is 0.920. The van der Waals surface area contributed by atoms with E-state index >= 15 is 0 Å². The Balaban J connectivity index is 1.64. The second-order valence-electron chi connectivity index (χ2n) is 6.55. The zero-order chi connectivity index (χ0) is 14.7. The molecule has 0 aromatic heterocycles. The van der Waals surface area contributed by atoms with Gasteiger partial charge >= 0.3 is 0 Å². The molecule has 0 aliphatic carbocycles. The summed E-state index contributed by atoms with van der Waals surface area (Å²) in [4.78, 5) is 5.36. The van der Waals surface area contributed by atoms with Crippen molar-refractivity contribution >= 4 is 0 Å². The SMILES string of the molecule is CCC(c1ccc(O)cc1)N1CCC(N2CCCCC2)C1. The molecular weight excluding hydrogens is 260 g/mol. The first-order valence-corrected chi connectivity index (χ1v) is 8.55. The second-order valence-corrected chi connectivity index (χ2v) is 6.55. The maximum absolute atomic E-state index is 9.47. The maximum atomic E-state index is 9.47. The standard InChI is InChI=1S/C18H28N2O/c1-2-18(15-6-8-17(21)9-7-15)20-13-10-16(14-20)19-11-4-3-5-12-19/h6-9,16,18,21H,2-5,10-14H2,1H3. The van der Waals surface area contributed by atoms with E-state index in [-0.39, 0.29) is 0 Å². The number of benzene rings is 1. The zero-order valence-corrected chi connectivity index (χ0v) is 13.2. The van der Waals surface area contributed by atoms with Gasteiger partial charge in [-0.3, -0.25) is 9.80 Å². The first-order chi connectivity index (χ1) is 10.3. The molecule has 2 fully saturated rings. The van der Waals surface area contributed by atoms with Crippen LogP contribution in [0.1, 0.15) is 50.6 Å². The van der Waals surface area contributed by atoms with Crippen LogP contribution in [0.25, 0.3) is 0 Å². The van der Waals surface area contributed by atoms with Crippen LogP contribution in [-0.2, 0) is 0 Å².